The second kappa shape index (κ2) is 8.34. The summed E-state index contributed by atoms with van der Waals surface area (Å²) >= 11 is 0. The molecule has 1 unspecified atom stereocenters. The summed E-state index contributed by atoms with van der Waals surface area (Å²) < 4.78 is 0. The van der Waals surface area contributed by atoms with E-state index < -0.39 is 5.92 Å². The molecule has 0 aliphatic heterocycles. The molecule has 4 heteroatoms. The zero-order valence-electron chi connectivity index (χ0n) is 12.1. The highest BCUT2D eigenvalue weighted by molar-refractivity contribution is 5.81. The molecule has 1 aromatic rings. The lowest BCUT2D eigenvalue weighted by Crippen LogP contribution is -2.42. The Balaban J connectivity index is 2.76. The van der Waals surface area contributed by atoms with Gasteiger partial charge < -0.3 is 10.0 Å². The molecule has 0 spiro atoms. The number of rotatable bonds is 7. The smallest absolute Gasteiger partial charge is 0.240 e. The van der Waals surface area contributed by atoms with Crippen LogP contribution in [-0.2, 0) is 11.2 Å². The molecule has 108 valence electrons. The van der Waals surface area contributed by atoms with Crippen LogP contribution in [0.2, 0.25) is 0 Å². The molecule has 0 heterocycles. The SMILES string of the molecule is CC(C)N(CCCO)C(=O)C(C#N)Cc1ccccc1. The van der Waals surface area contributed by atoms with E-state index in [0.29, 0.717) is 19.4 Å². The van der Waals surface area contributed by atoms with Gasteiger partial charge >= 0.3 is 0 Å². The lowest BCUT2D eigenvalue weighted by molar-refractivity contribution is -0.135. The van der Waals surface area contributed by atoms with Gasteiger partial charge in [0.25, 0.3) is 0 Å². The van der Waals surface area contributed by atoms with Crippen molar-refractivity contribution in [1.82, 2.24) is 4.90 Å². The Hall–Kier alpha value is -1.86. The Labute approximate surface area is 120 Å². The first kappa shape index (κ1) is 16.2. The van der Waals surface area contributed by atoms with Crippen LogP contribution < -0.4 is 0 Å². The van der Waals surface area contributed by atoms with Gasteiger partial charge in [-0.25, -0.2) is 0 Å². The van der Waals surface area contributed by atoms with Crippen LogP contribution in [0.15, 0.2) is 30.3 Å². The monoisotopic (exact) mass is 274 g/mol. The molecular weight excluding hydrogens is 252 g/mol. The number of benzene rings is 1. The maximum atomic E-state index is 12.4. The highest BCUT2D eigenvalue weighted by Crippen LogP contribution is 2.13. The quantitative estimate of drug-likeness (QED) is 0.827. The average molecular weight is 274 g/mol. The number of nitriles is 1. The van der Waals surface area contributed by atoms with Gasteiger partial charge in [0, 0.05) is 19.2 Å². The Morgan fingerprint density at radius 1 is 1.35 bits per heavy atom. The Morgan fingerprint density at radius 3 is 2.50 bits per heavy atom. The topological polar surface area (TPSA) is 64.3 Å². The minimum Gasteiger partial charge on any atom is -0.396 e. The standard InChI is InChI=1S/C16H22N2O2/c1-13(2)18(9-6-10-19)16(20)15(12-17)11-14-7-4-3-5-8-14/h3-5,7-8,13,15,19H,6,9-11H2,1-2H3. The molecule has 0 aliphatic carbocycles. The molecule has 1 rings (SSSR count). The number of carbonyl (C=O) groups is 1. The van der Waals surface area contributed by atoms with Crippen molar-refractivity contribution in [2.75, 3.05) is 13.2 Å². The molecular formula is C16H22N2O2. The number of carbonyl (C=O) groups excluding carboxylic acids is 1. The van der Waals surface area contributed by atoms with Crippen LogP contribution in [0.4, 0.5) is 0 Å². The molecule has 1 amide bonds. The molecule has 1 N–H and O–H groups in total. The van der Waals surface area contributed by atoms with Gasteiger partial charge in [-0.1, -0.05) is 30.3 Å². The summed E-state index contributed by atoms with van der Waals surface area (Å²) in [7, 11) is 0. The summed E-state index contributed by atoms with van der Waals surface area (Å²) in [5, 5.41) is 18.2. The first-order valence-electron chi connectivity index (χ1n) is 6.95. The van der Waals surface area contributed by atoms with Crippen LogP contribution in [-0.4, -0.2) is 35.1 Å². The highest BCUT2D eigenvalue weighted by atomic mass is 16.3. The molecule has 4 nitrogen and oxygen atoms in total. The van der Waals surface area contributed by atoms with Gasteiger partial charge in [0.15, 0.2) is 0 Å². The minimum absolute atomic E-state index is 0.0284. The number of amides is 1. The summed E-state index contributed by atoms with van der Waals surface area (Å²) in [6.07, 6.45) is 0.964. The Kier molecular flexibility index (Phi) is 6.75. The fourth-order valence-corrected chi connectivity index (χ4v) is 2.10. The average Bonchev–Trinajstić information content (AvgIpc) is 2.45. The fourth-order valence-electron chi connectivity index (χ4n) is 2.10. The number of hydrogen-bond acceptors (Lipinski definition) is 3. The fraction of sp³-hybridized carbons (Fsp3) is 0.500. The Morgan fingerprint density at radius 2 is 2.00 bits per heavy atom. The van der Waals surface area contributed by atoms with Gasteiger partial charge in [0.1, 0.15) is 5.92 Å². The second-order valence-corrected chi connectivity index (χ2v) is 5.07. The largest absolute Gasteiger partial charge is 0.396 e. The summed E-state index contributed by atoms with van der Waals surface area (Å²) in [5.74, 6) is -0.821. The summed E-state index contributed by atoms with van der Waals surface area (Å²) in [5.41, 5.74) is 0.985. The van der Waals surface area contributed by atoms with Crippen molar-refractivity contribution in [2.24, 2.45) is 5.92 Å². The van der Waals surface area contributed by atoms with E-state index in [1.54, 1.807) is 4.90 Å². The second-order valence-electron chi connectivity index (χ2n) is 5.07. The van der Waals surface area contributed by atoms with E-state index in [1.165, 1.54) is 0 Å². The third-order valence-corrected chi connectivity index (χ3v) is 3.20. The zero-order chi connectivity index (χ0) is 15.0. The number of aliphatic hydroxyl groups is 1. The van der Waals surface area contributed by atoms with Gasteiger partial charge in [0.2, 0.25) is 5.91 Å². The number of hydrogen-bond donors (Lipinski definition) is 1. The lowest BCUT2D eigenvalue weighted by Gasteiger charge is -2.28. The van der Waals surface area contributed by atoms with Crippen LogP contribution in [0.3, 0.4) is 0 Å². The van der Waals surface area contributed by atoms with Crippen LogP contribution in [0.1, 0.15) is 25.8 Å². The predicted molar refractivity (Wildman–Crippen MR) is 77.8 cm³/mol. The molecule has 1 aromatic carbocycles. The molecule has 0 fully saturated rings. The van der Waals surface area contributed by atoms with E-state index in [2.05, 4.69) is 6.07 Å². The van der Waals surface area contributed by atoms with Crippen molar-refractivity contribution >= 4 is 5.91 Å². The molecule has 0 radical (unpaired) electrons. The van der Waals surface area contributed by atoms with Crippen LogP contribution in [0, 0.1) is 17.2 Å². The van der Waals surface area contributed by atoms with Gasteiger partial charge in [-0.15, -0.1) is 0 Å². The molecule has 0 saturated carbocycles. The Bertz CT molecular complexity index is 451. The highest BCUT2D eigenvalue weighted by Gasteiger charge is 2.25. The van der Waals surface area contributed by atoms with E-state index in [4.69, 9.17) is 5.11 Å². The third-order valence-electron chi connectivity index (χ3n) is 3.20. The van der Waals surface area contributed by atoms with Gasteiger partial charge in [0.05, 0.1) is 6.07 Å². The van der Waals surface area contributed by atoms with Gasteiger partial charge in [-0.3, -0.25) is 4.79 Å². The maximum absolute atomic E-state index is 12.4. The van der Waals surface area contributed by atoms with E-state index in [1.807, 2.05) is 44.2 Å². The molecule has 1 atom stereocenters. The lowest BCUT2D eigenvalue weighted by atomic mass is 9.98. The maximum Gasteiger partial charge on any atom is 0.240 e. The third kappa shape index (κ3) is 4.67. The van der Waals surface area contributed by atoms with Crippen LogP contribution in [0.25, 0.3) is 0 Å². The minimum atomic E-state index is -0.668. The van der Waals surface area contributed by atoms with E-state index in [-0.39, 0.29) is 18.6 Å². The summed E-state index contributed by atoms with van der Waals surface area (Å²) in [4.78, 5) is 14.1. The molecule has 20 heavy (non-hydrogen) atoms. The van der Waals surface area contributed by atoms with Crippen molar-refractivity contribution < 1.29 is 9.90 Å². The normalized spacial score (nSPS) is 11.9. The number of nitrogens with zero attached hydrogens (tertiary/aromatic N) is 2. The van der Waals surface area contributed by atoms with E-state index >= 15 is 0 Å². The first-order valence-corrected chi connectivity index (χ1v) is 6.95. The number of aliphatic hydroxyl groups excluding tert-OH is 1. The van der Waals surface area contributed by atoms with Crippen molar-refractivity contribution in [3.8, 4) is 6.07 Å². The van der Waals surface area contributed by atoms with Crippen molar-refractivity contribution in [3.63, 3.8) is 0 Å². The van der Waals surface area contributed by atoms with E-state index in [9.17, 15) is 10.1 Å². The zero-order valence-corrected chi connectivity index (χ0v) is 12.1. The van der Waals surface area contributed by atoms with Gasteiger partial charge in [-0.2, -0.15) is 5.26 Å². The van der Waals surface area contributed by atoms with Gasteiger partial charge in [-0.05, 0) is 32.3 Å². The molecule has 0 saturated heterocycles. The molecule has 0 bridgehead atoms. The summed E-state index contributed by atoms with van der Waals surface area (Å²) in [6, 6.07) is 11.7. The first-order chi connectivity index (χ1) is 9.60. The van der Waals surface area contributed by atoms with Crippen molar-refractivity contribution in [2.45, 2.75) is 32.7 Å². The summed E-state index contributed by atoms with van der Waals surface area (Å²) in [6.45, 7) is 4.38. The molecule has 0 aromatic heterocycles. The van der Waals surface area contributed by atoms with Crippen LogP contribution in [0.5, 0.6) is 0 Å². The predicted octanol–water partition coefficient (Wildman–Crippen LogP) is 1.99. The van der Waals surface area contributed by atoms with Crippen molar-refractivity contribution in [3.05, 3.63) is 35.9 Å². The van der Waals surface area contributed by atoms with E-state index in [0.717, 1.165) is 5.56 Å². The molecule has 0 aliphatic rings. The van der Waals surface area contributed by atoms with Crippen molar-refractivity contribution in [1.29, 1.82) is 5.26 Å². The van der Waals surface area contributed by atoms with Crippen LogP contribution >= 0.6 is 0 Å².